The van der Waals surface area contributed by atoms with Crippen molar-refractivity contribution in [1.29, 1.82) is 0 Å². The lowest BCUT2D eigenvalue weighted by Gasteiger charge is -2.29. The van der Waals surface area contributed by atoms with Crippen molar-refractivity contribution < 1.29 is 9.90 Å². The minimum Gasteiger partial charge on any atom is -0.389 e. The van der Waals surface area contributed by atoms with Gasteiger partial charge in [-0.25, -0.2) is 4.79 Å². The van der Waals surface area contributed by atoms with Gasteiger partial charge in [0, 0.05) is 24.1 Å². The van der Waals surface area contributed by atoms with Crippen molar-refractivity contribution in [2.24, 2.45) is 0 Å². The van der Waals surface area contributed by atoms with E-state index < -0.39 is 5.60 Å². The van der Waals surface area contributed by atoms with Gasteiger partial charge in [-0.1, -0.05) is 0 Å². The molecule has 1 aliphatic carbocycles. The number of amides is 2. The summed E-state index contributed by atoms with van der Waals surface area (Å²) in [5.41, 5.74) is 0.809. The molecule has 2 rings (SSSR count). The number of rotatable bonds is 4. The van der Waals surface area contributed by atoms with Gasteiger partial charge in [-0.3, -0.25) is 4.98 Å². The first-order chi connectivity index (χ1) is 8.87. The van der Waals surface area contributed by atoms with E-state index in [2.05, 4.69) is 10.3 Å². The first kappa shape index (κ1) is 13.8. The number of carbonyl (C=O) groups excluding carboxylic acids is 1. The smallest absolute Gasteiger partial charge is 0.322 e. The van der Waals surface area contributed by atoms with Crippen LogP contribution in [-0.4, -0.2) is 39.2 Å². The topological polar surface area (TPSA) is 65.5 Å². The van der Waals surface area contributed by atoms with Gasteiger partial charge in [-0.05, 0) is 45.2 Å². The minimum atomic E-state index is -0.882. The summed E-state index contributed by atoms with van der Waals surface area (Å²) in [6.45, 7) is 5.67. The molecule has 2 amide bonds. The third kappa shape index (κ3) is 3.92. The molecule has 5 heteroatoms. The summed E-state index contributed by atoms with van der Waals surface area (Å²) in [5, 5.41) is 12.8. The summed E-state index contributed by atoms with van der Waals surface area (Å²) < 4.78 is 0. The first-order valence-electron chi connectivity index (χ1n) is 6.57. The molecule has 0 radical (unpaired) electrons. The zero-order chi connectivity index (χ0) is 14.0. The average Bonchev–Trinajstić information content (AvgIpc) is 3.12. The Kier molecular flexibility index (Phi) is 3.75. The van der Waals surface area contributed by atoms with Gasteiger partial charge in [-0.15, -0.1) is 0 Å². The summed E-state index contributed by atoms with van der Waals surface area (Å²) in [6, 6.07) is 1.88. The van der Waals surface area contributed by atoms with Crippen LogP contribution in [0.2, 0.25) is 0 Å². The number of urea groups is 1. The Morgan fingerprint density at radius 3 is 2.79 bits per heavy atom. The molecular weight excluding hydrogens is 242 g/mol. The van der Waals surface area contributed by atoms with Gasteiger partial charge in [-0.2, -0.15) is 0 Å². The minimum absolute atomic E-state index is 0.154. The van der Waals surface area contributed by atoms with E-state index in [0.717, 1.165) is 24.1 Å². The SMILES string of the molecule is Cc1cnccc1NC(=O)N(CC(C)(C)O)C1CC1. The third-order valence-corrected chi connectivity index (χ3v) is 3.07. The summed E-state index contributed by atoms with van der Waals surface area (Å²) in [7, 11) is 0. The van der Waals surface area contributed by atoms with Crippen molar-refractivity contribution >= 4 is 11.7 Å². The van der Waals surface area contributed by atoms with Crippen LogP contribution in [-0.2, 0) is 0 Å². The van der Waals surface area contributed by atoms with E-state index in [4.69, 9.17) is 0 Å². The van der Waals surface area contributed by atoms with Crippen LogP contribution in [0.25, 0.3) is 0 Å². The number of hydrogen-bond acceptors (Lipinski definition) is 3. The van der Waals surface area contributed by atoms with E-state index >= 15 is 0 Å². The number of aromatic nitrogens is 1. The summed E-state index contributed by atoms with van der Waals surface area (Å²) >= 11 is 0. The van der Waals surface area contributed by atoms with Crippen molar-refractivity contribution in [3.63, 3.8) is 0 Å². The van der Waals surface area contributed by atoms with E-state index in [1.54, 1.807) is 37.2 Å². The Hall–Kier alpha value is -1.62. The Bertz CT molecular complexity index is 464. The first-order valence-corrected chi connectivity index (χ1v) is 6.57. The molecule has 1 aromatic heterocycles. The largest absolute Gasteiger partial charge is 0.389 e. The Morgan fingerprint density at radius 2 is 2.26 bits per heavy atom. The predicted molar refractivity (Wildman–Crippen MR) is 74.0 cm³/mol. The quantitative estimate of drug-likeness (QED) is 0.874. The molecule has 5 nitrogen and oxygen atoms in total. The molecule has 1 fully saturated rings. The number of carbonyl (C=O) groups is 1. The molecule has 0 aromatic carbocycles. The molecule has 104 valence electrons. The highest BCUT2D eigenvalue weighted by Crippen LogP contribution is 2.29. The molecular formula is C14H21N3O2. The summed E-state index contributed by atoms with van der Waals surface area (Å²) in [4.78, 5) is 18.0. The molecule has 0 spiro atoms. The Morgan fingerprint density at radius 1 is 1.58 bits per heavy atom. The number of pyridine rings is 1. The monoisotopic (exact) mass is 263 g/mol. The van der Waals surface area contributed by atoms with Crippen molar-refractivity contribution in [2.45, 2.75) is 45.3 Å². The van der Waals surface area contributed by atoms with Crippen LogP contribution in [0, 0.1) is 6.92 Å². The second-order valence-corrected chi connectivity index (χ2v) is 5.79. The molecule has 1 aliphatic rings. The van der Waals surface area contributed by atoms with Crippen LogP contribution in [0.3, 0.4) is 0 Å². The van der Waals surface area contributed by atoms with E-state index in [1.807, 2.05) is 6.92 Å². The molecule has 0 bridgehead atoms. The van der Waals surface area contributed by atoms with Gasteiger partial charge in [0.2, 0.25) is 0 Å². The van der Waals surface area contributed by atoms with Gasteiger partial charge in [0.25, 0.3) is 0 Å². The zero-order valence-electron chi connectivity index (χ0n) is 11.7. The number of nitrogens with one attached hydrogen (secondary N) is 1. The number of nitrogens with zero attached hydrogens (tertiary/aromatic N) is 2. The maximum absolute atomic E-state index is 12.3. The highest BCUT2D eigenvalue weighted by Gasteiger charge is 2.35. The summed E-state index contributed by atoms with van der Waals surface area (Å²) in [5.74, 6) is 0. The maximum Gasteiger partial charge on any atom is 0.322 e. The molecule has 0 atom stereocenters. The normalized spacial score (nSPS) is 15.2. The molecule has 1 heterocycles. The second-order valence-electron chi connectivity index (χ2n) is 5.79. The number of anilines is 1. The van der Waals surface area contributed by atoms with E-state index in [1.165, 1.54) is 0 Å². The van der Waals surface area contributed by atoms with Gasteiger partial charge in [0.15, 0.2) is 0 Å². The van der Waals surface area contributed by atoms with E-state index in [-0.39, 0.29) is 12.1 Å². The van der Waals surface area contributed by atoms with Gasteiger partial charge in [0.05, 0.1) is 12.1 Å². The number of aliphatic hydroxyl groups is 1. The third-order valence-electron chi connectivity index (χ3n) is 3.07. The van der Waals surface area contributed by atoms with Crippen LogP contribution >= 0.6 is 0 Å². The van der Waals surface area contributed by atoms with Crippen LogP contribution in [0.5, 0.6) is 0 Å². The number of aryl methyl sites for hydroxylation is 1. The highest BCUT2D eigenvalue weighted by molar-refractivity contribution is 5.90. The Balaban J connectivity index is 2.06. The lowest BCUT2D eigenvalue weighted by atomic mass is 10.1. The van der Waals surface area contributed by atoms with Gasteiger partial charge in [0.1, 0.15) is 0 Å². The fraction of sp³-hybridized carbons (Fsp3) is 0.571. The fourth-order valence-electron chi connectivity index (χ4n) is 1.97. The molecule has 1 aromatic rings. The number of hydrogen-bond donors (Lipinski definition) is 2. The van der Waals surface area contributed by atoms with E-state index in [9.17, 15) is 9.90 Å². The second kappa shape index (κ2) is 5.17. The molecule has 19 heavy (non-hydrogen) atoms. The lowest BCUT2D eigenvalue weighted by Crippen LogP contribution is -2.45. The zero-order valence-corrected chi connectivity index (χ0v) is 11.7. The van der Waals surface area contributed by atoms with Crippen molar-refractivity contribution in [1.82, 2.24) is 9.88 Å². The molecule has 0 saturated heterocycles. The highest BCUT2D eigenvalue weighted by atomic mass is 16.3. The van der Waals surface area contributed by atoms with Crippen molar-refractivity contribution in [3.8, 4) is 0 Å². The van der Waals surface area contributed by atoms with E-state index in [0.29, 0.717) is 6.54 Å². The van der Waals surface area contributed by atoms with Gasteiger partial charge >= 0.3 is 6.03 Å². The molecule has 0 aliphatic heterocycles. The Labute approximate surface area is 113 Å². The molecule has 0 unspecified atom stereocenters. The average molecular weight is 263 g/mol. The van der Waals surface area contributed by atoms with Crippen LogP contribution in [0.4, 0.5) is 10.5 Å². The van der Waals surface area contributed by atoms with Gasteiger partial charge < -0.3 is 15.3 Å². The fourth-order valence-corrected chi connectivity index (χ4v) is 1.97. The standard InChI is InChI=1S/C14H21N3O2/c1-10-8-15-7-6-12(10)16-13(18)17(11-4-5-11)9-14(2,3)19/h6-8,11,19H,4-5,9H2,1-3H3,(H,15,16,18). The summed E-state index contributed by atoms with van der Waals surface area (Å²) in [6.07, 6.45) is 5.39. The van der Waals surface area contributed by atoms with Crippen LogP contribution < -0.4 is 5.32 Å². The lowest BCUT2D eigenvalue weighted by molar-refractivity contribution is 0.0467. The van der Waals surface area contributed by atoms with Crippen molar-refractivity contribution in [2.75, 3.05) is 11.9 Å². The van der Waals surface area contributed by atoms with Crippen LogP contribution in [0.15, 0.2) is 18.5 Å². The maximum atomic E-state index is 12.3. The predicted octanol–water partition coefficient (Wildman–Crippen LogP) is 2.16. The van der Waals surface area contributed by atoms with Crippen LogP contribution in [0.1, 0.15) is 32.3 Å². The molecule has 1 saturated carbocycles. The molecule has 2 N–H and O–H groups in total. The van der Waals surface area contributed by atoms with Crippen molar-refractivity contribution in [3.05, 3.63) is 24.0 Å².